The lowest BCUT2D eigenvalue weighted by Gasteiger charge is -2.40. The van der Waals surface area contributed by atoms with Crippen LogP contribution in [-0.4, -0.2) is 35.0 Å². The van der Waals surface area contributed by atoms with Crippen molar-refractivity contribution in [1.82, 2.24) is 4.90 Å². The van der Waals surface area contributed by atoms with Crippen LogP contribution in [0.1, 0.15) is 12.5 Å². The highest BCUT2D eigenvalue weighted by Crippen LogP contribution is 2.24. The smallest absolute Gasteiger partial charge is 0.306 e. The summed E-state index contributed by atoms with van der Waals surface area (Å²) < 4.78 is 0. The Morgan fingerprint density at radius 3 is 2.50 bits per heavy atom. The van der Waals surface area contributed by atoms with Crippen LogP contribution in [0.15, 0.2) is 30.3 Å². The summed E-state index contributed by atoms with van der Waals surface area (Å²) in [6.07, 6.45) is 3.24. The molecule has 5 nitrogen and oxygen atoms in total. The largest absolute Gasteiger partial charge is 0.481 e. The van der Waals surface area contributed by atoms with E-state index in [0.717, 1.165) is 5.56 Å². The van der Waals surface area contributed by atoms with Crippen LogP contribution in [0, 0.1) is 11.8 Å². The molecule has 1 unspecified atom stereocenters. The number of likely N-dealkylation sites (tertiary alicyclic amines) is 1. The third kappa shape index (κ3) is 3.17. The first-order valence-electron chi connectivity index (χ1n) is 6.52. The zero-order chi connectivity index (χ0) is 14.7. The lowest BCUT2D eigenvalue weighted by atomic mass is 9.87. The second-order valence-corrected chi connectivity index (χ2v) is 5.13. The third-order valence-corrected chi connectivity index (χ3v) is 3.67. The number of benzene rings is 1. The van der Waals surface area contributed by atoms with Gasteiger partial charge in [0.25, 0.3) is 0 Å². The first-order chi connectivity index (χ1) is 9.47. The predicted molar refractivity (Wildman–Crippen MR) is 76.8 cm³/mol. The first-order valence-corrected chi connectivity index (χ1v) is 6.52. The minimum atomic E-state index is -0.806. The molecule has 3 N–H and O–H groups in total. The maximum Gasteiger partial charge on any atom is 0.306 e. The molecular formula is C15H18N2O3. The van der Waals surface area contributed by atoms with E-state index in [1.54, 1.807) is 30.0 Å². The van der Waals surface area contributed by atoms with Crippen LogP contribution >= 0.6 is 0 Å². The standard InChI is InChI=1S/C15H18N2O3/c1-10(15(19)20)12-8-17(9-12)14(18)7-4-11-2-5-13(16)6-3-11/h2-7,10,12H,8-9,16H2,1H3,(H,19,20)/b7-4+. The molecule has 20 heavy (non-hydrogen) atoms. The van der Waals surface area contributed by atoms with Crippen LogP contribution in [0.4, 0.5) is 5.69 Å². The van der Waals surface area contributed by atoms with E-state index in [1.165, 1.54) is 6.08 Å². The quantitative estimate of drug-likeness (QED) is 0.643. The van der Waals surface area contributed by atoms with E-state index in [0.29, 0.717) is 18.8 Å². The monoisotopic (exact) mass is 274 g/mol. The fourth-order valence-electron chi connectivity index (χ4n) is 2.09. The van der Waals surface area contributed by atoms with E-state index < -0.39 is 11.9 Å². The summed E-state index contributed by atoms with van der Waals surface area (Å²) in [5.41, 5.74) is 7.17. The van der Waals surface area contributed by atoms with E-state index in [4.69, 9.17) is 10.8 Å². The van der Waals surface area contributed by atoms with Crippen LogP contribution in [-0.2, 0) is 9.59 Å². The summed E-state index contributed by atoms with van der Waals surface area (Å²) in [6.45, 7) is 2.70. The van der Waals surface area contributed by atoms with Gasteiger partial charge in [-0.05, 0) is 23.8 Å². The molecule has 0 saturated carbocycles. The number of rotatable bonds is 4. The van der Waals surface area contributed by atoms with Gasteiger partial charge in [0.1, 0.15) is 0 Å². The van der Waals surface area contributed by atoms with Crippen molar-refractivity contribution in [2.45, 2.75) is 6.92 Å². The molecule has 1 aliphatic heterocycles. The second-order valence-electron chi connectivity index (χ2n) is 5.13. The predicted octanol–water partition coefficient (Wildman–Crippen LogP) is 1.46. The van der Waals surface area contributed by atoms with Crippen molar-refractivity contribution in [3.05, 3.63) is 35.9 Å². The van der Waals surface area contributed by atoms with Gasteiger partial charge in [-0.15, -0.1) is 0 Å². The zero-order valence-electron chi connectivity index (χ0n) is 11.3. The number of nitrogen functional groups attached to an aromatic ring is 1. The molecule has 1 heterocycles. The van der Waals surface area contributed by atoms with Gasteiger partial charge in [0.2, 0.25) is 5.91 Å². The molecule has 1 saturated heterocycles. The first kappa shape index (κ1) is 14.1. The Bertz CT molecular complexity index is 531. The van der Waals surface area contributed by atoms with Crippen molar-refractivity contribution in [2.24, 2.45) is 11.8 Å². The van der Waals surface area contributed by atoms with Gasteiger partial charge in [-0.2, -0.15) is 0 Å². The number of nitrogens with zero attached hydrogens (tertiary/aromatic N) is 1. The fraction of sp³-hybridized carbons (Fsp3) is 0.333. The Morgan fingerprint density at radius 1 is 1.35 bits per heavy atom. The number of carbonyl (C=O) groups is 2. The van der Waals surface area contributed by atoms with Gasteiger partial charge in [0.05, 0.1) is 5.92 Å². The summed E-state index contributed by atoms with van der Waals surface area (Å²) in [6, 6.07) is 7.23. The zero-order valence-corrected chi connectivity index (χ0v) is 11.3. The molecule has 1 amide bonds. The van der Waals surface area contributed by atoms with Gasteiger partial charge in [-0.25, -0.2) is 0 Å². The molecule has 1 aliphatic rings. The number of anilines is 1. The minimum Gasteiger partial charge on any atom is -0.481 e. The van der Waals surface area contributed by atoms with Crippen molar-refractivity contribution < 1.29 is 14.7 Å². The van der Waals surface area contributed by atoms with Crippen molar-refractivity contribution in [2.75, 3.05) is 18.8 Å². The van der Waals surface area contributed by atoms with E-state index in [-0.39, 0.29) is 11.8 Å². The molecule has 106 valence electrons. The van der Waals surface area contributed by atoms with Gasteiger partial charge in [-0.1, -0.05) is 19.1 Å². The average molecular weight is 274 g/mol. The Kier molecular flexibility index (Phi) is 4.08. The highest BCUT2D eigenvalue weighted by molar-refractivity contribution is 5.92. The van der Waals surface area contributed by atoms with Crippen molar-refractivity contribution in [3.8, 4) is 0 Å². The highest BCUT2D eigenvalue weighted by atomic mass is 16.4. The van der Waals surface area contributed by atoms with Gasteiger partial charge in [0.15, 0.2) is 0 Å². The number of amides is 1. The van der Waals surface area contributed by atoms with Gasteiger partial charge < -0.3 is 15.7 Å². The average Bonchev–Trinajstić information content (AvgIpc) is 2.36. The summed E-state index contributed by atoms with van der Waals surface area (Å²) in [7, 11) is 0. The van der Waals surface area contributed by atoms with Gasteiger partial charge in [-0.3, -0.25) is 9.59 Å². The molecule has 1 aromatic carbocycles. The normalized spacial score (nSPS) is 16.9. The van der Waals surface area contributed by atoms with E-state index in [2.05, 4.69) is 0 Å². The number of hydrogen-bond acceptors (Lipinski definition) is 3. The number of hydrogen-bond donors (Lipinski definition) is 2. The van der Waals surface area contributed by atoms with Gasteiger partial charge in [0, 0.05) is 30.8 Å². The maximum absolute atomic E-state index is 11.9. The summed E-state index contributed by atoms with van der Waals surface area (Å²) in [5, 5.41) is 8.89. The Balaban J connectivity index is 1.85. The molecule has 1 aromatic rings. The molecule has 0 aliphatic carbocycles. The summed E-state index contributed by atoms with van der Waals surface area (Å²) in [5.74, 6) is -1.24. The van der Waals surface area contributed by atoms with Crippen LogP contribution in [0.5, 0.6) is 0 Å². The molecular weight excluding hydrogens is 256 g/mol. The van der Waals surface area contributed by atoms with E-state index in [1.807, 2.05) is 12.1 Å². The number of aliphatic carboxylic acids is 1. The lowest BCUT2D eigenvalue weighted by molar-refractivity contribution is -0.148. The Hall–Kier alpha value is -2.30. The SMILES string of the molecule is CC(C(=O)O)C1CN(C(=O)/C=C/c2ccc(N)cc2)C1. The Morgan fingerprint density at radius 2 is 1.95 bits per heavy atom. The van der Waals surface area contributed by atoms with Crippen molar-refractivity contribution in [3.63, 3.8) is 0 Å². The maximum atomic E-state index is 11.9. The number of carbonyl (C=O) groups excluding carboxylic acids is 1. The van der Waals surface area contributed by atoms with E-state index in [9.17, 15) is 9.59 Å². The third-order valence-electron chi connectivity index (χ3n) is 3.67. The summed E-state index contributed by atoms with van der Waals surface area (Å²) >= 11 is 0. The topological polar surface area (TPSA) is 83.6 Å². The minimum absolute atomic E-state index is 0.0568. The molecule has 0 spiro atoms. The van der Waals surface area contributed by atoms with E-state index >= 15 is 0 Å². The lowest BCUT2D eigenvalue weighted by Crippen LogP contribution is -2.53. The van der Waals surface area contributed by atoms with Gasteiger partial charge >= 0.3 is 5.97 Å². The van der Waals surface area contributed by atoms with Crippen LogP contribution in [0.2, 0.25) is 0 Å². The molecule has 1 atom stereocenters. The van der Waals surface area contributed by atoms with Crippen LogP contribution in [0.25, 0.3) is 6.08 Å². The van der Waals surface area contributed by atoms with Crippen LogP contribution in [0.3, 0.4) is 0 Å². The number of nitrogens with two attached hydrogens (primary N) is 1. The molecule has 1 fully saturated rings. The molecule has 5 heteroatoms. The molecule has 0 aromatic heterocycles. The molecule has 2 rings (SSSR count). The fourth-order valence-corrected chi connectivity index (χ4v) is 2.09. The number of carboxylic acids is 1. The van der Waals surface area contributed by atoms with Crippen molar-refractivity contribution in [1.29, 1.82) is 0 Å². The molecule has 0 radical (unpaired) electrons. The summed E-state index contributed by atoms with van der Waals surface area (Å²) in [4.78, 5) is 24.3. The second kappa shape index (κ2) is 5.77. The molecule has 0 bridgehead atoms. The Labute approximate surface area is 117 Å². The van der Waals surface area contributed by atoms with Crippen molar-refractivity contribution >= 4 is 23.6 Å². The number of carboxylic acid groups (broad SMARTS) is 1. The van der Waals surface area contributed by atoms with Crippen LogP contribution < -0.4 is 5.73 Å². The highest BCUT2D eigenvalue weighted by Gasteiger charge is 2.36.